The van der Waals surface area contributed by atoms with Crippen LogP contribution in [-0.4, -0.2) is 0 Å². The lowest BCUT2D eigenvalue weighted by Gasteiger charge is -2.34. The zero-order valence-corrected chi connectivity index (χ0v) is 39.2. The van der Waals surface area contributed by atoms with E-state index >= 15 is 0 Å². The molecule has 0 N–H and O–H groups in total. The van der Waals surface area contributed by atoms with Crippen molar-refractivity contribution in [2.75, 3.05) is 4.90 Å². The molecule has 0 spiro atoms. The minimum Gasteiger partial charge on any atom is -0.456 e. The molecule has 69 heavy (non-hydrogen) atoms. The SMILES string of the molecule is CC1(C)c2ccccc2-c2ccc(N(c3ccc4c(c3)-c3c(cc5oc6ccccc6c5c3-c3ccccc3)C4(c3ccccc3)c3ccccc3)c3ccc4c(c3)C(C)(C)c3ccccc3-4)cc21. The predicted molar refractivity (Wildman–Crippen MR) is 286 cm³/mol. The third-order valence-electron chi connectivity index (χ3n) is 16.1. The van der Waals surface area contributed by atoms with Gasteiger partial charge in [0.1, 0.15) is 11.2 Å². The zero-order chi connectivity index (χ0) is 46.2. The summed E-state index contributed by atoms with van der Waals surface area (Å²) in [6.07, 6.45) is 0. The van der Waals surface area contributed by atoms with E-state index in [1.165, 1.54) is 83.5 Å². The molecular formula is C67H49NO. The first-order valence-corrected chi connectivity index (χ1v) is 24.3. The number of furan rings is 1. The molecule has 14 rings (SSSR count). The van der Waals surface area contributed by atoms with Gasteiger partial charge in [-0.25, -0.2) is 0 Å². The fourth-order valence-electron chi connectivity index (χ4n) is 13.0. The average molecular weight is 884 g/mol. The molecule has 2 heteroatoms. The van der Waals surface area contributed by atoms with Gasteiger partial charge in [0, 0.05) is 44.2 Å². The zero-order valence-electron chi connectivity index (χ0n) is 39.2. The standard InChI is InChI=1S/C67H49NO/c1-65(2)54-29-17-14-26-48(54)50-35-32-46(39-57(50)65)68(47-33-36-51-49-27-15-18-30-55(49)66(3,4)58(51)40-47)45-34-37-56-53(38-45)63-59(67(56,43-22-10-6-11-23-43)44-24-12-7-13-25-44)41-61-64(52-28-16-19-31-60(52)69-61)62(63)42-20-8-5-9-21-42/h5-41H,1-4H3. The van der Waals surface area contributed by atoms with Crippen LogP contribution in [-0.2, 0) is 16.2 Å². The Morgan fingerprint density at radius 3 is 1.41 bits per heavy atom. The Morgan fingerprint density at radius 1 is 0.333 bits per heavy atom. The molecular weight excluding hydrogens is 835 g/mol. The summed E-state index contributed by atoms with van der Waals surface area (Å²) in [5, 5.41) is 2.26. The number of rotatable bonds is 6. The Kier molecular flexibility index (Phi) is 8.33. The van der Waals surface area contributed by atoms with Crippen molar-refractivity contribution in [1.29, 1.82) is 0 Å². The smallest absolute Gasteiger partial charge is 0.136 e. The minimum absolute atomic E-state index is 0.166. The normalized spacial score (nSPS) is 15.0. The van der Waals surface area contributed by atoms with Crippen LogP contribution in [0.15, 0.2) is 229 Å². The number of nitrogens with zero attached hydrogens (tertiary/aromatic N) is 1. The van der Waals surface area contributed by atoms with Crippen LogP contribution >= 0.6 is 0 Å². The summed E-state index contributed by atoms with van der Waals surface area (Å²) in [4.78, 5) is 2.53. The van der Waals surface area contributed by atoms with Crippen molar-refractivity contribution in [3.63, 3.8) is 0 Å². The van der Waals surface area contributed by atoms with Gasteiger partial charge in [0.2, 0.25) is 0 Å². The molecule has 10 aromatic carbocycles. The van der Waals surface area contributed by atoms with Crippen molar-refractivity contribution in [2.45, 2.75) is 43.9 Å². The van der Waals surface area contributed by atoms with Gasteiger partial charge >= 0.3 is 0 Å². The summed E-state index contributed by atoms with van der Waals surface area (Å²) in [5.41, 5.74) is 24.6. The molecule has 3 aliphatic rings. The van der Waals surface area contributed by atoms with E-state index in [9.17, 15) is 0 Å². The first-order chi connectivity index (χ1) is 33.7. The van der Waals surface area contributed by atoms with Crippen LogP contribution in [0, 0.1) is 0 Å². The summed E-state index contributed by atoms with van der Waals surface area (Å²) in [5.74, 6) is 0. The largest absolute Gasteiger partial charge is 0.456 e. The third-order valence-corrected chi connectivity index (χ3v) is 16.1. The number of hydrogen-bond acceptors (Lipinski definition) is 2. The van der Waals surface area contributed by atoms with E-state index in [1.807, 2.05) is 0 Å². The number of anilines is 3. The maximum Gasteiger partial charge on any atom is 0.136 e. The highest BCUT2D eigenvalue weighted by molar-refractivity contribution is 6.18. The quantitative estimate of drug-likeness (QED) is 0.165. The molecule has 11 aromatic rings. The number of hydrogen-bond donors (Lipinski definition) is 0. The van der Waals surface area contributed by atoms with Crippen LogP contribution in [0.25, 0.3) is 66.4 Å². The van der Waals surface area contributed by atoms with Crippen molar-refractivity contribution < 1.29 is 4.42 Å². The summed E-state index contributed by atoms with van der Waals surface area (Å²) >= 11 is 0. The summed E-state index contributed by atoms with van der Waals surface area (Å²) < 4.78 is 6.93. The van der Waals surface area contributed by atoms with E-state index in [0.29, 0.717) is 0 Å². The van der Waals surface area contributed by atoms with E-state index < -0.39 is 5.41 Å². The lowest BCUT2D eigenvalue weighted by atomic mass is 9.67. The topological polar surface area (TPSA) is 16.4 Å². The second-order valence-electron chi connectivity index (χ2n) is 20.4. The van der Waals surface area contributed by atoms with Crippen molar-refractivity contribution in [2.24, 2.45) is 0 Å². The summed E-state index contributed by atoms with van der Waals surface area (Å²) in [6.45, 7) is 9.52. The molecule has 3 aliphatic carbocycles. The Labute approximate surface area is 403 Å². The number of benzene rings is 10. The van der Waals surface area contributed by atoms with E-state index in [4.69, 9.17) is 4.42 Å². The van der Waals surface area contributed by atoms with Crippen LogP contribution in [0.1, 0.15) is 72.2 Å². The molecule has 0 atom stereocenters. The molecule has 1 aromatic heterocycles. The maximum atomic E-state index is 6.93. The van der Waals surface area contributed by atoms with Gasteiger partial charge in [-0.15, -0.1) is 0 Å². The van der Waals surface area contributed by atoms with Gasteiger partial charge in [0.25, 0.3) is 0 Å². The fraction of sp³-hybridized carbons (Fsp3) is 0.104. The highest BCUT2D eigenvalue weighted by Gasteiger charge is 2.48. The molecule has 0 aliphatic heterocycles. The Hall–Kier alpha value is -8.20. The van der Waals surface area contributed by atoms with E-state index in [2.05, 4.69) is 257 Å². The first kappa shape index (κ1) is 39.9. The molecule has 0 saturated carbocycles. The second-order valence-corrected chi connectivity index (χ2v) is 20.4. The third kappa shape index (κ3) is 5.43. The molecule has 328 valence electrons. The van der Waals surface area contributed by atoms with Gasteiger partial charge < -0.3 is 9.32 Å². The van der Waals surface area contributed by atoms with Crippen LogP contribution in [0.2, 0.25) is 0 Å². The highest BCUT2D eigenvalue weighted by Crippen LogP contribution is 2.62. The minimum atomic E-state index is -0.653. The lowest BCUT2D eigenvalue weighted by molar-refractivity contribution is 0.660. The van der Waals surface area contributed by atoms with Crippen LogP contribution in [0.5, 0.6) is 0 Å². The molecule has 0 bridgehead atoms. The molecule has 0 amide bonds. The second kappa shape index (κ2) is 14.4. The predicted octanol–water partition coefficient (Wildman–Crippen LogP) is 17.7. The molecule has 0 saturated heterocycles. The number of para-hydroxylation sites is 1. The molecule has 2 nitrogen and oxygen atoms in total. The van der Waals surface area contributed by atoms with Crippen LogP contribution in [0.4, 0.5) is 17.1 Å². The summed E-state index contributed by atoms with van der Waals surface area (Å²) in [7, 11) is 0. The van der Waals surface area contributed by atoms with Gasteiger partial charge in [0.15, 0.2) is 0 Å². The lowest BCUT2D eigenvalue weighted by Crippen LogP contribution is -2.28. The molecule has 0 fully saturated rings. The van der Waals surface area contributed by atoms with Gasteiger partial charge in [-0.05, 0) is 132 Å². The van der Waals surface area contributed by atoms with Crippen molar-refractivity contribution in [1.82, 2.24) is 0 Å². The van der Waals surface area contributed by atoms with Gasteiger partial charge in [-0.2, -0.15) is 0 Å². The monoisotopic (exact) mass is 883 g/mol. The molecule has 1 heterocycles. The van der Waals surface area contributed by atoms with Gasteiger partial charge in [0.05, 0.1) is 5.41 Å². The van der Waals surface area contributed by atoms with Crippen LogP contribution < -0.4 is 4.90 Å². The van der Waals surface area contributed by atoms with E-state index in [-0.39, 0.29) is 10.8 Å². The van der Waals surface area contributed by atoms with Gasteiger partial charge in [-0.1, -0.05) is 204 Å². The summed E-state index contributed by atoms with van der Waals surface area (Å²) in [6, 6.07) is 83.7. The fourth-order valence-corrected chi connectivity index (χ4v) is 13.0. The number of fused-ring (bicyclic) bond motifs is 12. The average Bonchev–Trinajstić information content (AvgIpc) is 4.05. The Balaban J connectivity index is 1.09. The van der Waals surface area contributed by atoms with Crippen molar-refractivity contribution in [3.8, 4) is 44.5 Å². The van der Waals surface area contributed by atoms with E-state index in [0.717, 1.165) is 44.6 Å². The first-order valence-electron chi connectivity index (χ1n) is 24.3. The van der Waals surface area contributed by atoms with Crippen LogP contribution in [0.3, 0.4) is 0 Å². The highest BCUT2D eigenvalue weighted by atomic mass is 16.3. The molecule has 0 unspecified atom stereocenters. The van der Waals surface area contributed by atoms with Crippen molar-refractivity contribution >= 4 is 39.0 Å². The molecule has 0 radical (unpaired) electrons. The van der Waals surface area contributed by atoms with Crippen molar-refractivity contribution in [3.05, 3.63) is 269 Å². The van der Waals surface area contributed by atoms with Gasteiger partial charge in [-0.3, -0.25) is 0 Å². The Bertz CT molecular complexity index is 3750. The maximum absolute atomic E-state index is 6.93. The van der Waals surface area contributed by atoms with E-state index in [1.54, 1.807) is 0 Å². The Morgan fingerprint density at radius 2 is 0.812 bits per heavy atom.